The molecule has 0 aromatic carbocycles. The van der Waals surface area contributed by atoms with E-state index in [1.54, 1.807) is 20.9 Å². The summed E-state index contributed by atoms with van der Waals surface area (Å²) in [6.07, 6.45) is -5.92. The van der Waals surface area contributed by atoms with Crippen molar-refractivity contribution in [2.45, 2.75) is 169 Å². The van der Waals surface area contributed by atoms with Gasteiger partial charge in [-0.25, -0.2) is 0 Å². The second kappa shape index (κ2) is 41.5. The molecule has 0 aliphatic rings. The Balaban J connectivity index is -0.000000199. The lowest BCUT2D eigenvalue weighted by Gasteiger charge is -2.30. The van der Waals surface area contributed by atoms with E-state index < -0.39 is 49.0 Å². The molecule has 0 saturated carbocycles. The van der Waals surface area contributed by atoms with Crippen LogP contribution in [0.3, 0.4) is 0 Å². The summed E-state index contributed by atoms with van der Waals surface area (Å²) < 4.78 is 20.2. The smallest absolute Gasteiger partial charge is 0.130 e. The summed E-state index contributed by atoms with van der Waals surface area (Å²) in [5.74, 6) is 0. The number of hydrogen-bond acceptors (Lipinski definition) is 16. The number of likely N-dealkylation sites (N-methyl/N-ethyl adjacent to an activating group) is 1. The minimum absolute atomic E-state index is 0. The van der Waals surface area contributed by atoms with Gasteiger partial charge in [-0.3, -0.25) is 4.90 Å². The van der Waals surface area contributed by atoms with E-state index >= 15 is 0 Å². The van der Waals surface area contributed by atoms with Gasteiger partial charge in [-0.1, -0.05) is 49.0 Å². The van der Waals surface area contributed by atoms with Gasteiger partial charge >= 0.3 is 0 Å². The average molecular weight is 770 g/mol. The van der Waals surface area contributed by atoms with Crippen molar-refractivity contribution >= 4 is 0 Å². The van der Waals surface area contributed by atoms with Crippen LogP contribution in [0.5, 0.6) is 0 Å². The Labute approximate surface area is 314 Å². The number of ether oxygens (including phenoxy) is 4. The van der Waals surface area contributed by atoms with Crippen LogP contribution in [-0.4, -0.2) is 195 Å². The molecule has 0 bridgehead atoms. The SMILES string of the molecule is C.CCC(O)COCC(O)CC.CCCOCC(C)O.CCCOCC(O)C(O)C(C)O.CCCOCC(O)N(C)CC(O)C(O)C(O)C(O)CC. The zero-order chi connectivity index (χ0) is 40.4. The molecule has 16 nitrogen and oxygen atoms in total. The van der Waals surface area contributed by atoms with E-state index in [-0.39, 0.29) is 51.9 Å². The molecular weight excluding hydrogens is 686 g/mol. The molecule has 322 valence electrons. The second-order valence-corrected chi connectivity index (χ2v) is 12.5. The van der Waals surface area contributed by atoms with Crippen molar-refractivity contribution in [2.75, 3.05) is 66.4 Å². The van der Waals surface area contributed by atoms with Crippen molar-refractivity contribution in [1.82, 2.24) is 4.90 Å². The minimum atomic E-state index is -1.48. The number of nitrogens with zero attached hydrogens (tertiary/aromatic N) is 1. The summed E-state index contributed by atoms with van der Waals surface area (Å²) >= 11 is 0. The second-order valence-electron chi connectivity index (χ2n) is 12.5. The van der Waals surface area contributed by atoms with E-state index in [0.717, 1.165) is 25.9 Å². The molecular formula is C36H83NO15. The fourth-order valence-electron chi connectivity index (χ4n) is 3.42. The van der Waals surface area contributed by atoms with Crippen molar-refractivity contribution in [3.05, 3.63) is 0 Å². The molecule has 0 heterocycles. The van der Waals surface area contributed by atoms with Crippen LogP contribution in [0.2, 0.25) is 0 Å². The molecule has 0 aromatic rings. The predicted octanol–water partition coefficient (Wildman–Crippen LogP) is 0.00710. The van der Waals surface area contributed by atoms with E-state index in [2.05, 4.69) is 0 Å². The van der Waals surface area contributed by atoms with Crippen LogP contribution in [0.15, 0.2) is 0 Å². The third-order valence-electron chi connectivity index (χ3n) is 6.95. The molecule has 0 spiro atoms. The highest BCUT2D eigenvalue weighted by molar-refractivity contribution is 4.82. The number of hydrogen-bond donors (Lipinski definition) is 11. The standard InChI is InChI=1S/C13H29NO6.C8H18O4.C8H18O3.C6H14O2.CH4/c1-4-6-20-8-11(17)14(3)7-10(16)13(19)12(18)9(15)5-2;1-3-4-12-5-7(10)8(11)6(2)9;1-3-7(9)5-11-6-8(10)4-2;1-3-4-8-5-6(2)7;/h9-13,15-19H,4-8H2,1-3H3;6-11H,3-5H2,1-2H3;7-10H,3-6H2,1-2H3;6-7H,3-5H2,1-2H3;1H4. The first-order chi connectivity index (χ1) is 23.9. The van der Waals surface area contributed by atoms with Crippen LogP contribution in [0.4, 0.5) is 0 Å². The third-order valence-corrected chi connectivity index (χ3v) is 6.95. The van der Waals surface area contributed by atoms with Crippen LogP contribution in [-0.2, 0) is 18.9 Å². The first-order valence-electron chi connectivity index (χ1n) is 18.4. The van der Waals surface area contributed by atoms with Crippen LogP contribution in [0.1, 0.15) is 101 Å². The summed E-state index contributed by atoms with van der Waals surface area (Å²) in [6, 6.07) is 0. The summed E-state index contributed by atoms with van der Waals surface area (Å²) in [7, 11) is 1.57. The molecule has 0 aliphatic heterocycles. The molecule has 0 aliphatic carbocycles. The van der Waals surface area contributed by atoms with Crippen molar-refractivity contribution in [3.8, 4) is 0 Å². The number of aliphatic hydroxyl groups is 11. The molecule has 11 unspecified atom stereocenters. The van der Waals surface area contributed by atoms with E-state index in [1.165, 1.54) is 11.8 Å². The van der Waals surface area contributed by atoms with Crippen molar-refractivity contribution in [1.29, 1.82) is 0 Å². The Morgan fingerprint density at radius 1 is 0.462 bits per heavy atom. The molecule has 11 N–H and O–H groups in total. The average Bonchev–Trinajstić information content (AvgIpc) is 3.10. The molecule has 11 atom stereocenters. The first kappa shape index (κ1) is 60.6. The van der Waals surface area contributed by atoms with E-state index in [4.69, 9.17) is 44.5 Å². The van der Waals surface area contributed by atoms with Crippen LogP contribution in [0, 0.1) is 0 Å². The zero-order valence-corrected chi connectivity index (χ0v) is 33.0. The number of aliphatic hydroxyl groups excluding tert-OH is 11. The van der Waals surface area contributed by atoms with Gasteiger partial charge in [-0.05, 0) is 59.4 Å². The number of rotatable bonds is 27. The highest BCUT2D eigenvalue weighted by atomic mass is 16.5. The fraction of sp³-hybridized carbons (Fsp3) is 1.00. The molecule has 0 radical (unpaired) electrons. The normalized spacial score (nSPS) is 17.5. The Hall–Kier alpha value is -0.640. The van der Waals surface area contributed by atoms with Gasteiger partial charge < -0.3 is 75.1 Å². The van der Waals surface area contributed by atoms with Crippen LogP contribution >= 0.6 is 0 Å². The zero-order valence-electron chi connectivity index (χ0n) is 33.0. The summed E-state index contributed by atoms with van der Waals surface area (Å²) in [4.78, 5) is 1.41. The molecule has 0 aromatic heterocycles. The van der Waals surface area contributed by atoms with E-state index in [0.29, 0.717) is 45.9 Å². The lowest BCUT2D eigenvalue weighted by atomic mass is 10.0. The van der Waals surface area contributed by atoms with Crippen LogP contribution < -0.4 is 0 Å². The summed E-state index contributed by atoms with van der Waals surface area (Å²) in [5, 5.41) is 102. The van der Waals surface area contributed by atoms with Gasteiger partial charge in [0.1, 0.15) is 30.6 Å². The van der Waals surface area contributed by atoms with E-state index in [1.807, 2.05) is 34.6 Å². The lowest BCUT2D eigenvalue weighted by molar-refractivity contribution is -0.123. The highest BCUT2D eigenvalue weighted by Crippen LogP contribution is 2.09. The molecule has 0 fully saturated rings. The Morgan fingerprint density at radius 2 is 0.865 bits per heavy atom. The fourth-order valence-corrected chi connectivity index (χ4v) is 3.42. The maximum atomic E-state index is 9.81. The molecule has 52 heavy (non-hydrogen) atoms. The van der Waals surface area contributed by atoms with E-state index in [9.17, 15) is 30.6 Å². The largest absolute Gasteiger partial charge is 0.391 e. The first-order valence-corrected chi connectivity index (χ1v) is 18.4. The quantitative estimate of drug-likeness (QED) is 0.0388. The van der Waals surface area contributed by atoms with Crippen molar-refractivity contribution < 1.29 is 75.1 Å². The summed E-state index contributed by atoms with van der Waals surface area (Å²) in [5.41, 5.74) is 0. The molecule has 0 saturated heterocycles. The Kier molecular flexibility index (Phi) is 48.4. The third kappa shape index (κ3) is 39.1. The van der Waals surface area contributed by atoms with Crippen molar-refractivity contribution in [2.24, 2.45) is 0 Å². The maximum absolute atomic E-state index is 9.81. The van der Waals surface area contributed by atoms with Gasteiger partial charge in [-0.2, -0.15) is 0 Å². The molecule has 16 heteroatoms. The predicted molar refractivity (Wildman–Crippen MR) is 202 cm³/mol. The minimum Gasteiger partial charge on any atom is -0.391 e. The topological polar surface area (TPSA) is 263 Å². The van der Waals surface area contributed by atoms with Crippen molar-refractivity contribution in [3.63, 3.8) is 0 Å². The summed E-state index contributed by atoms with van der Waals surface area (Å²) in [6.45, 7) is 17.6. The maximum Gasteiger partial charge on any atom is 0.130 e. The molecule has 0 rings (SSSR count). The van der Waals surface area contributed by atoms with Crippen LogP contribution in [0.25, 0.3) is 0 Å². The molecule has 0 amide bonds. The monoisotopic (exact) mass is 770 g/mol. The Bertz CT molecular complexity index is 674. The van der Waals surface area contributed by atoms with Gasteiger partial charge in [-0.15, -0.1) is 0 Å². The van der Waals surface area contributed by atoms with Gasteiger partial charge in [0, 0.05) is 26.4 Å². The van der Waals surface area contributed by atoms with Gasteiger partial charge in [0.25, 0.3) is 0 Å². The highest BCUT2D eigenvalue weighted by Gasteiger charge is 2.31. The lowest BCUT2D eigenvalue weighted by Crippen LogP contribution is -2.50. The van der Waals surface area contributed by atoms with Gasteiger partial charge in [0.15, 0.2) is 0 Å². The van der Waals surface area contributed by atoms with Gasteiger partial charge in [0.05, 0.1) is 69.7 Å². The Morgan fingerprint density at radius 3 is 1.23 bits per heavy atom. The van der Waals surface area contributed by atoms with Gasteiger partial charge in [0.2, 0.25) is 0 Å².